The molecule has 0 radical (unpaired) electrons. The lowest BCUT2D eigenvalue weighted by Crippen LogP contribution is -2.44. The number of piperazine rings is 1. The van der Waals surface area contributed by atoms with Gasteiger partial charge in [-0.15, -0.1) is 0 Å². The van der Waals surface area contributed by atoms with Crippen LogP contribution in [0.3, 0.4) is 0 Å². The molecule has 1 aromatic heterocycles. The third-order valence-electron chi connectivity index (χ3n) is 3.33. The predicted molar refractivity (Wildman–Crippen MR) is 80.2 cm³/mol. The number of nitrogens with zero attached hydrogens (tertiary/aromatic N) is 4. The Balaban J connectivity index is 2.03. The van der Waals surface area contributed by atoms with Gasteiger partial charge in [-0.1, -0.05) is 0 Å². The van der Waals surface area contributed by atoms with E-state index in [1.54, 1.807) is 12.3 Å². The highest BCUT2D eigenvalue weighted by Gasteiger charge is 2.16. The van der Waals surface area contributed by atoms with Crippen LogP contribution in [0.2, 0.25) is 0 Å². The molecule has 1 aliphatic heterocycles. The zero-order chi connectivity index (χ0) is 14.8. The molecule has 1 N–H and O–H groups in total. The second-order valence-electron chi connectivity index (χ2n) is 5.08. The quantitative estimate of drug-likeness (QED) is 0.851. The summed E-state index contributed by atoms with van der Waals surface area (Å²) in [5.41, 5.74) is 1.02. The first kappa shape index (κ1) is 15.0. The molecule has 0 saturated carbocycles. The molecule has 0 amide bonds. The highest BCUT2D eigenvalue weighted by atomic mass is 32.2. The molecular formula is C12H21N5O2S. The number of hydrogen-bond acceptors (Lipinski definition) is 5. The summed E-state index contributed by atoms with van der Waals surface area (Å²) in [4.78, 5) is 8.70. The molecule has 2 rings (SSSR count). The first-order valence-corrected chi connectivity index (χ1v) is 7.92. The van der Waals surface area contributed by atoms with Crippen molar-refractivity contribution in [2.45, 2.75) is 0 Å². The Hall–Kier alpha value is -1.38. The van der Waals surface area contributed by atoms with Gasteiger partial charge >= 0.3 is 10.2 Å². The maximum Gasteiger partial charge on any atom is 0.302 e. The molecule has 0 atom stereocenters. The number of anilines is 2. The van der Waals surface area contributed by atoms with Gasteiger partial charge in [0.15, 0.2) is 0 Å². The van der Waals surface area contributed by atoms with E-state index < -0.39 is 10.2 Å². The van der Waals surface area contributed by atoms with Gasteiger partial charge in [0.2, 0.25) is 0 Å². The van der Waals surface area contributed by atoms with Crippen LogP contribution in [0.1, 0.15) is 0 Å². The monoisotopic (exact) mass is 299 g/mol. The van der Waals surface area contributed by atoms with Gasteiger partial charge in [-0.2, -0.15) is 12.7 Å². The summed E-state index contributed by atoms with van der Waals surface area (Å²) in [5.74, 6) is 0.330. The highest BCUT2D eigenvalue weighted by molar-refractivity contribution is 7.90. The first-order valence-electron chi connectivity index (χ1n) is 6.48. The smallest absolute Gasteiger partial charge is 0.302 e. The number of aromatic nitrogens is 1. The van der Waals surface area contributed by atoms with Crippen molar-refractivity contribution in [3.05, 3.63) is 18.3 Å². The lowest BCUT2D eigenvalue weighted by molar-refractivity contribution is 0.313. The SMILES string of the molecule is CN1CCN(c2ccc(NS(=O)(=O)N(C)C)nc2)CC1. The number of likely N-dealkylation sites (N-methyl/N-ethyl adjacent to an activating group) is 1. The fraction of sp³-hybridized carbons (Fsp3) is 0.583. The van der Waals surface area contributed by atoms with E-state index in [-0.39, 0.29) is 0 Å². The minimum Gasteiger partial charge on any atom is -0.368 e. The molecule has 0 bridgehead atoms. The van der Waals surface area contributed by atoms with E-state index in [9.17, 15) is 8.42 Å². The molecule has 0 spiro atoms. The van der Waals surface area contributed by atoms with Crippen molar-refractivity contribution in [1.82, 2.24) is 14.2 Å². The molecule has 2 heterocycles. The number of hydrogen-bond donors (Lipinski definition) is 1. The van der Waals surface area contributed by atoms with Crippen molar-refractivity contribution in [2.75, 3.05) is 56.9 Å². The topological polar surface area (TPSA) is 68.8 Å². The second-order valence-corrected chi connectivity index (χ2v) is 6.97. The molecule has 0 aliphatic carbocycles. The summed E-state index contributed by atoms with van der Waals surface area (Å²) < 4.78 is 26.9. The summed E-state index contributed by atoms with van der Waals surface area (Å²) in [7, 11) is 1.56. The molecule has 20 heavy (non-hydrogen) atoms. The van der Waals surface area contributed by atoms with Gasteiger partial charge in [-0.25, -0.2) is 4.98 Å². The van der Waals surface area contributed by atoms with E-state index in [0.717, 1.165) is 36.2 Å². The summed E-state index contributed by atoms with van der Waals surface area (Å²) in [6, 6.07) is 3.58. The van der Waals surface area contributed by atoms with Crippen LogP contribution < -0.4 is 9.62 Å². The lowest BCUT2D eigenvalue weighted by Gasteiger charge is -2.33. The van der Waals surface area contributed by atoms with Crippen LogP contribution in [0.15, 0.2) is 18.3 Å². The van der Waals surface area contributed by atoms with E-state index in [2.05, 4.69) is 26.6 Å². The maximum absolute atomic E-state index is 11.7. The van der Waals surface area contributed by atoms with Gasteiger partial charge in [0, 0.05) is 40.3 Å². The molecule has 8 heteroatoms. The van der Waals surface area contributed by atoms with E-state index in [1.807, 2.05) is 6.07 Å². The van der Waals surface area contributed by atoms with Crippen LogP contribution in [-0.4, -0.2) is 69.9 Å². The van der Waals surface area contributed by atoms with Crippen molar-refractivity contribution in [1.29, 1.82) is 0 Å². The van der Waals surface area contributed by atoms with Gasteiger partial charge in [-0.05, 0) is 19.2 Å². The van der Waals surface area contributed by atoms with Gasteiger partial charge in [0.05, 0.1) is 11.9 Å². The normalized spacial score (nSPS) is 17.5. The number of pyridine rings is 1. The van der Waals surface area contributed by atoms with Gasteiger partial charge in [0.1, 0.15) is 5.82 Å². The molecule has 0 aromatic carbocycles. The van der Waals surface area contributed by atoms with Gasteiger partial charge in [-0.3, -0.25) is 4.72 Å². The van der Waals surface area contributed by atoms with Crippen LogP contribution >= 0.6 is 0 Å². The van der Waals surface area contributed by atoms with Crippen molar-refractivity contribution < 1.29 is 8.42 Å². The van der Waals surface area contributed by atoms with E-state index in [0.29, 0.717) is 5.82 Å². The highest BCUT2D eigenvalue weighted by Crippen LogP contribution is 2.17. The van der Waals surface area contributed by atoms with Crippen molar-refractivity contribution >= 4 is 21.7 Å². The van der Waals surface area contributed by atoms with Crippen molar-refractivity contribution in [3.8, 4) is 0 Å². The average Bonchev–Trinajstić information content (AvgIpc) is 2.40. The van der Waals surface area contributed by atoms with Crippen molar-refractivity contribution in [2.24, 2.45) is 0 Å². The molecular weight excluding hydrogens is 278 g/mol. The van der Waals surface area contributed by atoms with Gasteiger partial charge in [0.25, 0.3) is 0 Å². The Morgan fingerprint density at radius 2 is 1.85 bits per heavy atom. The van der Waals surface area contributed by atoms with Crippen molar-refractivity contribution in [3.63, 3.8) is 0 Å². The Labute approximate surface area is 120 Å². The molecule has 1 saturated heterocycles. The molecule has 0 unspecified atom stereocenters. The summed E-state index contributed by atoms with van der Waals surface area (Å²) >= 11 is 0. The van der Waals surface area contributed by atoms with Gasteiger partial charge < -0.3 is 9.80 Å². The van der Waals surface area contributed by atoms with Crippen LogP contribution in [0.5, 0.6) is 0 Å². The number of rotatable bonds is 4. The standard InChI is InChI=1S/C12H21N5O2S/c1-15(2)20(18,19)14-12-5-4-11(10-13-12)17-8-6-16(3)7-9-17/h4-5,10H,6-9H2,1-3H3,(H,13,14). The Morgan fingerprint density at radius 3 is 2.35 bits per heavy atom. The molecule has 1 aliphatic rings. The fourth-order valence-electron chi connectivity index (χ4n) is 1.92. The summed E-state index contributed by atoms with van der Waals surface area (Å²) in [6.45, 7) is 3.96. The zero-order valence-corrected chi connectivity index (χ0v) is 12.9. The molecule has 112 valence electrons. The summed E-state index contributed by atoms with van der Waals surface area (Å²) in [5, 5.41) is 0. The molecule has 1 aromatic rings. The molecule has 7 nitrogen and oxygen atoms in total. The summed E-state index contributed by atoms with van der Waals surface area (Å²) in [6.07, 6.45) is 1.71. The third-order valence-corrected chi connectivity index (χ3v) is 4.76. The fourth-order valence-corrected chi connectivity index (χ4v) is 2.49. The van der Waals surface area contributed by atoms with Crippen LogP contribution in [0.25, 0.3) is 0 Å². The second kappa shape index (κ2) is 5.94. The van der Waals surface area contributed by atoms with Crippen LogP contribution in [-0.2, 0) is 10.2 Å². The maximum atomic E-state index is 11.7. The molecule has 1 fully saturated rings. The van der Waals surface area contributed by atoms with E-state index in [1.165, 1.54) is 14.1 Å². The zero-order valence-electron chi connectivity index (χ0n) is 12.1. The third kappa shape index (κ3) is 3.59. The van der Waals surface area contributed by atoms with E-state index >= 15 is 0 Å². The minimum absolute atomic E-state index is 0.330. The van der Waals surface area contributed by atoms with E-state index in [4.69, 9.17) is 0 Å². The Morgan fingerprint density at radius 1 is 1.20 bits per heavy atom. The lowest BCUT2D eigenvalue weighted by atomic mass is 10.3. The Bertz CT molecular complexity index is 535. The first-order chi connectivity index (χ1) is 9.38. The minimum atomic E-state index is -3.50. The predicted octanol–water partition coefficient (Wildman–Crippen LogP) is 0.0517. The van der Waals surface area contributed by atoms with Crippen LogP contribution in [0.4, 0.5) is 11.5 Å². The average molecular weight is 299 g/mol. The van der Waals surface area contributed by atoms with Crippen LogP contribution in [0, 0.1) is 0 Å². The Kier molecular flexibility index (Phi) is 4.46. The largest absolute Gasteiger partial charge is 0.368 e. The number of nitrogens with one attached hydrogen (secondary N) is 1.